The maximum Gasteiger partial charge on any atom is 0.342 e. The van der Waals surface area contributed by atoms with Crippen LogP contribution in [0.25, 0.3) is 6.08 Å². The van der Waals surface area contributed by atoms with Gasteiger partial charge >= 0.3 is 5.97 Å². The Morgan fingerprint density at radius 1 is 1.24 bits per heavy atom. The molecule has 3 rings (SSSR count). The van der Waals surface area contributed by atoms with Gasteiger partial charge in [-0.25, -0.2) is 9.78 Å². The molecule has 0 aliphatic rings. The Kier molecular flexibility index (Phi) is 7.32. The number of carboxylic acids is 1. The highest BCUT2D eigenvalue weighted by Crippen LogP contribution is 2.27. The fourth-order valence-corrected chi connectivity index (χ4v) is 3.41. The summed E-state index contributed by atoms with van der Waals surface area (Å²) in [7, 11) is 0. The molecule has 3 aromatic rings. The van der Waals surface area contributed by atoms with Crippen molar-refractivity contribution in [3.63, 3.8) is 0 Å². The van der Waals surface area contributed by atoms with Gasteiger partial charge in [-0.1, -0.05) is 48.9 Å². The second kappa shape index (κ2) is 10.1. The second-order valence-electron chi connectivity index (χ2n) is 6.18. The molecule has 0 saturated heterocycles. The summed E-state index contributed by atoms with van der Waals surface area (Å²) in [6, 6.07) is 14.7. The van der Waals surface area contributed by atoms with Crippen LogP contribution in [-0.2, 0) is 17.8 Å². The highest BCUT2D eigenvalue weighted by atomic mass is 35.5. The first-order valence-electron chi connectivity index (χ1n) is 9.05. The van der Waals surface area contributed by atoms with Gasteiger partial charge in [0, 0.05) is 17.0 Å². The van der Waals surface area contributed by atoms with E-state index in [-0.39, 0.29) is 4.91 Å². The molecule has 0 bridgehead atoms. The van der Waals surface area contributed by atoms with Crippen LogP contribution in [0.5, 0.6) is 5.75 Å². The highest BCUT2D eigenvalue weighted by molar-refractivity contribution is 8.04. The summed E-state index contributed by atoms with van der Waals surface area (Å²) in [5, 5.41) is 17.4. The van der Waals surface area contributed by atoms with E-state index in [1.807, 2.05) is 31.2 Å². The Morgan fingerprint density at radius 3 is 2.69 bits per heavy atom. The number of hydrogen-bond donors (Lipinski definition) is 2. The Morgan fingerprint density at radius 2 is 2.00 bits per heavy atom. The standard InChI is InChI=1S/C21H20ClN3O3S/c1-2-5-19-23-21(25-24-19)29-18(20(26)27)12-14-8-10-16(11-9-14)28-13-15-6-3-4-7-17(15)22/h3-4,6-12H,2,5,13H2,1H3,(H,26,27)(H,23,24,25)/b18-12-. The molecule has 150 valence electrons. The van der Waals surface area contributed by atoms with Crippen molar-refractivity contribution in [2.75, 3.05) is 0 Å². The van der Waals surface area contributed by atoms with Crippen molar-refractivity contribution >= 4 is 35.4 Å². The molecule has 0 aliphatic carbocycles. The number of nitrogens with zero attached hydrogens (tertiary/aromatic N) is 2. The summed E-state index contributed by atoms with van der Waals surface area (Å²) in [5.41, 5.74) is 1.64. The summed E-state index contributed by atoms with van der Waals surface area (Å²) < 4.78 is 5.75. The van der Waals surface area contributed by atoms with E-state index in [0.29, 0.717) is 22.5 Å². The molecule has 0 saturated carbocycles. The van der Waals surface area contributed by atoms with E-state index < -0.39 is 5.97 Å². The number of aliphatic carboxylic acids is 1. The minimum Gasteiger partial charge on any atom is -0.489 e. The fourth-order valence-electron chi connectivity index (χ4n) is 2.49. The van der Waals surface area contributed by atoms with Crippen molar-refractivity contribution in [1.29, 1.82) is 0 Å². The largest absolute Gasteiger partial charge is 0.489 e. The summed E-state index contributed by atoms with van der Waals surface area (Å²) in [4.78, 5) is 16.0. The number of carboxylic acid groups (broad SMARTS) is 1. The van der Waals surface area contributed by atoms with Gasteiger partial charge in [0.15, 0.2) is 0 Å². The van der Waals surface area contributed by atoms with Crippen molar-refractivity contribution in [2.24, 2.45) is 0 Å². The van der Waals surface area contributed by atoms with E-state index in [2.05, 4.69) is 15.2 Å². The molecule has 6 nitrogen and oxygen atoms in total. The van der Waals surface area contributed by atoms with Crippen LogP contribution < -0.4 is 4.74 Å². The number of thioether (sulfide) groups is 1. The van der Waals surface area contributed by atoms with Gasteiger partial charge in [-0.2, -0.15) is 0 Å². The van der Waals surface area contributed by atoms with Gasteiger partial charge < -0.3 is 9.84 Å². The summed E-state index contributed by atoms with van der Waals surface area (Å²) >= 11 is 7.14. The maximum absolute atomic E-state index is 11.6. The van der Waals surface area contributed by atoms with E-state index >= 15 is 0 Å². The van der Waals surface area contributed by atoms with Gasteiger partial charge in [-0.15, -0.1) is 5.10 Å². The van der Waals surface area contributed by atoms with Gasteiger partial charge in [-0.3, -0.25) is 5.10 Å². The molecular formula is C21H20ClN3O3S. The van der Waals surface area contributed by atoms with Crippen molar-refractivity contribution < 1.29 is 14.6 Å². The van der Waals surface area contributed by atoms with E-state index in [4.69, 9.17) is 16.3 Å². The second-order valence-corrected chi connectivity index (χ2v) is 7.60. The zero-order valence-electron chi connectivity index (χ0n) is 15.8. The summed E-state index contributed by atoms with van der Waals surface area (Å²) in [6.45, 7) is 2.40. The molecule has 0 amide bonds. The predicted molar refractivity (Wildman–Crippen MR) is 114 cm³/mol. The predicted octanol–water partition coefficient (Wildman–Crippen LogP) is 5.21. The molecular weight excluding hydrogens is 410 g/mol. The van der Waals surface area contributed by atoms with Crippen molar-refractivity contribution in [3.05, 3.63) is 75.4 Å². The number of aryl methyl sites for hydroxylation is 1. The van der Waals surface area contributed by atoms with Crippen LogP contribution in [0.2, 0.25) is 5.02 Å². The van der Waals surface area contributed by atoms with Crippen LogP contribution >= 0.6 is 23.4 Å². The number of benzene rings is 2. The Bertz CT molecular complexity index is 1000. The lowest BCUT2D eigenvalue weighted by atomic mass is 10.2. The molecule has 0 unspecified atom stereocenters. The molecule has 2 N–H and O–H groups in total. The van der Waals surface area contributed by atoms with Crippen LogP contribution in [0.4, 0.5) is 0 Å². The number of halogens is 1. The summed E-state index contributed by atoms with van der Waals surface area (Å²) in [5.74, 6) is 0.389. The number of carbonyl (C=O) groups is 1. The van der Waals surface area contributed by atoms with E-state index in [1.54, 1.807) is 30.3 Å². The first-order chi connectivity index (χ1) is 14.0. The molecule has 2 aromatic carbocycles. The minimum atomic E-state index is -1.03. The van der Waals surface area contributed by atoms with E-state index in [9.17, 15) is 9.90 Å². The third kappa shape index (κ3) is 6.10. The first-order valence-corrected chi connectivity index (χ1v) is 10.2. The van der Waals surface area contributed by atoms with Gasteiger partial charge in [-0.05, 0) is 48.0 Å². The van der Waals surface area contributed by atoms with E-state index in [1.165, 1.54) is 0 Å². The van der Waals surface area contributed by atoms with Gasteiger partial charge in [0.1, 0.15) is 23.1 Å². The summed E-state index contributed by atoms with van der Waals surface area (Å²) in [6.07, 6.45) is 3.29. The first kappa shape index (κ1) is 21.0. The molecule has 29 heavy (non-hydrogen) atoms. The lowest BCUT2D eigenvalue weighted by Crippen LogP contribution is -1.98. The Labute approximate surface area is 178 Å². The number of nitrogens with one attached hydrogen (secondary N) is 1. The van der Waals surface area contributed by atoms with Gasteiger partial charge in [0.05, 0.1) is 0 Å². The van der Waals surface area contributed by atoms with Gasteiger partial charge in [0.2, 0.25) is 5.16 Å². The average Bonchev–Trinajstić information content (AvgIpc) is 3.15. The number of hydrogen-bond acceptors (Lipinski definition) is 5. The lowest BCUT2D eigenvalue weighted by molar-refractivity contribution is -0.131. The molecule has 0 radical (unpaired) electrons. The molecule has 1 heterocycles. The SMILES string of the molecule is CCCc1nc(S/C(=C\c2ccc(OCc3ccccc3Cl)cc2)C(=O)O)n[nH]1. The smallest absolute Gasteiger partial charge is 0.342 e. The van der Waals surface area contributed by atoms with Crippen molar-refractivity contribution in [2.45, 2.75) is 31.5 Å². The molecule has 0 aliphatic heterocycles. The fraction of sp³-hybridized carbons (Fsp3) is 0.190. The van der Waals surface area contributed by atoms with Gasteiger partial charge in [0.25, 0.3) is 0 Å². The molecule has 0 atom stereocenters. The monoisotopic (exact) mass is 429 g/mol. The van der Waals surface area contributed by atoms with Crippen LogP contribution in [0.3, 0.4) is 0 Å². The Balaban J connectivity index is 1.66. The van der Waals surface area contributed by atoms with Crippen LogP contribution in [0.15, 0.2) is 58.6 Å². The third-order valence-corrected chi connectivity index (χ3v) is 5.19. The topological polar surface area (TPSA) is 88.1 Å². The van der Waals surface area contributed by atoms with Crippen molar-refractivity contribution in [3.8, 4) is 5.75 Å². The molecule has 0 fully saturated rings. The molecule has 8 heteroatoms. The zero-order valence-corrected chi connectivity index (χ0v) is 17.3. The maximum atomic E-state index is 11.6. The van der Waals surface area contributed by atoms with Crippen LogP contribution in [0.1, 0.15) is 30.3 Å². The zero-order chi connectivity index (χ0) is 20.6. The minimum absolute atomic E-state index is 0.136. The number of rotatable bonds is 9. The lowest BCUT2D eigenvalue weighted by Gasteiger charge is -2.08. The van der Waals surface area contributed by atoms with Crippen molar-refractivity contribution in [1.82, 2.24) is 15.2 Å². The highest BCUT2D eigenvalue weighted by Gasteiger charge is 2.13. The number of ether oxygens (including phenoxy) is 1. The third-order valence-electron chi connectivity index (χ3n) is 3.94. The molecule has 0 spiro atoms. The molecule has 1 aromatic heterocycles. The average molecular weight is 430 g/mol. The van der Waals surface area contributed by atoms with Crippen LogP contribution in [-0.4, -0.2) is 26.3 Å². The van der Waals surface area contributed by atoms with Crippen LogP contribution in [0, 0.1) is 0 Å². The van der Waals surface area contributed by atoms with E-state index in [0.717, 1.165) is 41.6 Å². The normalized spacial score (nSPS) is 11.4. The number of aromatic nitrogens is 3. The Hall–Kier alpha value is -2.77. The quantitative estimate of drug-likeness (QED) is 0.358. The number of H-pyrrole nitrogens is 1. The number of aromatic amines is 1.